The molecule has 0 aliphatic rings. The molecular weight excluding hydrogens is 348 g/mol. The van der Waals surface area contributed by atoms with Gasteiger partial charge in [-0.3, -0.25) is 0 Å². The molecule has 0 aliphatic heterocycles. The van der Waals surface area contributed by atoms with Gasteiger partial charge in [0.15, 0.2) is 0 Å². The number of nitrogens with zero attached hydrogens (tertiary/aromatic N) is 2. The van der Waals surface area contributed by atoms with E-state index in [0.717, 1.165) is 27.6 Å². The van der Waals surface area contributed by atoms with Crippen molar-refractivity contribution in [1.82, 2.24) is 10.2 Å². The van der Waals surface area contributed by atoms with Gasteiger partial charge in [0.05, 0.1) is 23.6 Å². The molecule has 1 heterocycles. The lowest BCUT2D eigenvalue weighted by molar-refractivity contribution is 0.415. The molecule has 0 saturated carbocycles. The number of fused-ring (bicyclic) bond motifs is 1. The SMILES string of the molecule is COc1ccc2cc(C(C)c3nnc(-c4ccccc4Cl)o3)ccc2c1. The third-order valence-electron chi connectivity index (χ3n) is 4.49. The molecule has 0 aliphatic carbocycles. The largest absolute Gasteiger partial charge is 0.497 e. The highest BCUT2D eigenvalue weighted by molar-refractivity contribution is 6.33. The highest BCUT2D eigenvalue weighted by atomic mass is 35.5. The van der Waals surface area contributed by atoms with Crippen molar-refractivity contribution in [2.75, 3.05) is 7.11 Å². The van der Waals surface area contributed by atoms with Crippen molar-refractivity contribution >= 4 is 22.4 Å². The number of benzene rings is 3. The summed E-state index contributed by atoms with van der Waals surface area (Å²) in [6, 6.07) is 19.8. The van der Waals surface area contributed by atoms with Crippen LogP contribution in [-0.2, 0) is 0 Å². The maximum Gasteiger partial charge on any atom is 0.249 e. The topological polar surface area (TPSA) is 48.2 Å². The number of hydrogen-bond acceptors (Lipinski definition) is 4. The van der Waals surface area contributed by atoms with Gasteiger partial charge < -0.3 is 9.15 Å². The standard InChI is InChI=1S/C21H17ClN2O2/c1-13(14-7-8-16-12-17(25-2)10-9-15(16)11-14)20-23-24-21(26-20)18-5-3-4-6-19(18)22/h3-13H,1-2H3. The average molecular weight is 365 g/mol. The van der Waals surface area contributed by atoms with E-state index in [1.54, 1.807) is 7.11 Å². The van der Waals surface area contributed by atoms with Gasteiger partial charge in [-0.15, -0.1) is 10.2 Å². The molecule has 4 nitrogen and oxygen atoms in total. The molecule has 0 amide bonds. The van der Waals surface area contributed by atoms with Gasteiger partial charge in [-0.25, -0.2) is 0 Å². The van der Waals surface area contributed by atoms with E-state index >= 15 is 0 Å². The van der Waals surface area contributed by atoms with Gasteiger partial charge in [-0.1, -0.05) is 48.0 Å². The Bertz CT molecular complexity index is 1070. The summed E-state index contributed by atoms with van der Waals surface area (Å²) in [5.74, 6) is 1.82. The maximum absolute atomic E-state index is 6.22. The van der Waals surface area contributed by atoms with Crippen LogP contribution in [0, 0.1) is 0 Å². The van der Waals surface area contributed by atoms with Crippen LogP contribution in [0.15, 0.2) is 65.1 Å². The zero-order valence-corrected chi connectivity index (χ0v) is 15.2. The van der Waals surface area contributed by atoms with E-state index in [4.69, 9.17) is 20.8 Å². The summed E-state index contributed by atoms with van der Waals surface area (Å²) in [7, 11) is 1.67. The second-order valence-electron chi connectivity index (χ2n) is 6.12. The lowest BCUT2D eigenvalue weighted by atomic mass is 9.97. The van der Waals surface area contributed by atoms with E-state index in [-0.39, 0.29) is 5.92 Å². The Kier molecular flexibility index (Phi) is 4.35. The van der Waals surface area contributed by atoms with E-state index in [9.17, 15) is 0 Å². The predicted molar refractivity (Wildman–Crippen MR) is 103 cm³/mol. The minimum Gasteiger partial charge on any atom is -0.497 e. The fraction of sp³-hybridized carbons (Fsp3) is 0.143. The van der Waals surface area contributed by atoms with Crippen LogP contribution in [0.25, 0.3) is 22.2 Å². The monoisotopic (exact) mass is 364 g/mol. The molecule has 4 aromatic rings. The second-order valence-corrected chi connectivity index (χ2v) is 6.53. The summed E-state index contributed by atoms with van der Waals surface area (Å²) in [5, 5.41) is 11.2. The average Bonchev–Trinajstić information content (AvgIpc) is 3.16. The number of hydrogen-bond donors (Lipinski definition) is 0. The van der Waals surface area contributed by atoms with E-state index < -0.39 is 0 Å². The molecular formula is C21H17ClN2O2. The Hall–Kier alpha value is -2.85. The zero-order valence-electron chi connectivity index (χ0n) is 14.4. The summed E-state index contributed by atoms with van der Waals surface area (Å²) in [6.07, 6.45) is 0. The second kappa shape index (κ2) is 6.81. The summed E-state index contributed by atoms with van der Waals surface area (Å²) in [4.78, 5) is 0. The lowest BCUT2D eigenvalue weighted by Crippen LogP contribution is -1.96. The van der Waals surface area contributed by atoms with Gasteiger partial charge in [0.1, 0.15) is 5.75 Å². The molecule has 1 unspecified atom stereocenters. The molecule has 0 bridgehead atoms. The first-order valence-electron chi connectivity index (χ1n) is 8.31. The van der Waals surface area contributed by atoms with Crippen molar-refractivity contribution in [3.63, 3.8) is 0 Å². The van der Waals surface area contributed by atoms with E-state index in [0.29, 0.717) is 16.8 Å². The third kappa shape index (κ3) is 3.04. The van der Waals surface area contributed by atoms with Crippen molar-refractivity contribution in [3.05, 3.63) is 77.1 Å². The Morgan fingerprint density at radius 3 is 2.54 bits per heavy atom. The molecule has 0 spiro atoms. The summed E-state index contributed by atoms with van der Waals surface area (Å²) in [6.45, 7) is 2.05. The fourth-order valence-corrected chi connectivity index (χ4v) is 3.15. The van der Waals surface area contributed by atoms with Crippen LogP contribution in [0.5, 0.6) is 5.75 Å². The fourth-order valence-electron chi connectivity index (χ4n) is 2.93. The number of halogens is 1. The van der Waals surface area contributed by atoms with Crippen LogP contribution in [0.3, 0.4) is 0 Å². The molecule has 0 fully saturated rings. The van der Waals surface area contributed by atoms with Crippen molar-refractivity contribution in [3.8, 4) is 17.2 Å². The summed E-state index contributed by atoms with van der Waals surface area (Å²) in [5.41, 5.74) is 1.85. The van der Waals surface area contributed by atoms with E-state index in [1.807, 2.05) is 42.5 Å². The number of ether oxygens (including phenoxy) is 1. The molecule has 3 aromatic carbocycles. The van der Waals surface area contributed by atoms with Crippen molar-refractivity contribution in [2.24, 2.45) is 0 Å². The van der Waals surface area contributed by atoms with Crippen LogP contribution in [0.2, 0.25) is 5.02 Å². The quantitative estimate of drug-likeness (QED) is 0.465. The van der Waals surface area contributed by atoms with Gasteiger partial charge in [-0.05, 0) is 47.5 Å². The minimum atomic E-state index is -0.0229. The Morgan fingerprint density at radius 1 is 0.962 bits per heavy atom. The Balaban J connectivity index is 1.66. The molecule has 130 valence electrons. The van der Waals surface area contributed by atoms with Crippen LogP contribution in [0.1, 0.15) is 24.3 Å². The highest BCUT2D eigenvalue weighted by Gasteiger charge is 2.18. The molecule has 26 heavy (non-hydrogen) atoms. The van der Waals surface area contributed by atoms with Crippen LogP contribution < -0.4 is 4.74 Å². The van der Waals surface area contributed by atoms with Gasteiger partial charge in [-0.2, -0.15) is 0 Å². The van der Waals surface area contributed by atoms with Gasteiger partial charge in [0.2, 0.25) is 11.8 Å². The summed E-state index contributed by atoms with van der Waals surface area (Å²) < 4.78 is 11.2. The van der Waals surface area contributed by atoms with E-state index in [2.05, 4.69) is 35.3 Å². The normalized spacial score (nSPS) is 12.3. The maximum atomic E-state index is 6.22. The predicted octanol–water partition coefficient (Wildman–Crippen LogP) is 5.70. The van der Waals surface area contributed by atoms with Crippen LogP contribution in [-0.4, -0.2) is 17.3 Å². The van der Waals surface area contributed by atoms with Crippen molar-refractivity contribution in [1.29, 1.82) is 0 Å². The van der Waals surface area contributed by atoms with Crippen LogP contribution in [0.4, 0.5) is 0 Å². The van der Waals surface area contributed by atoms with E-state index in [1.165, 1.54) is 0 Å². The van der Waals surface area contributed by atoms with Crippen molar-refractivity contribution in [2.45, 2.75) is 12.8 Å². The molecule has 0 N–H and O–H groups in total. The highest BCUT2D eigenvalue weighted by Crippen LogP contribution is 2.31. The molecule has 1 atom stereocenters. The van der Waals surface area contributed by atoms with Crippen molar-refractivity contribution < 1.29 is 9.15 Å². The van der Waals surface area contributed by atoms with Gasteiger partial charge in [0.25, 0.3) is 0 Å². The van der Waals surface area contributed by atoms with Gasteiger partial charge >= 0.3 is 0 Å². The molecule has 0 saturated heterocycles. The molecule has 0 radical (unpaired) electrons. The smallest absolute Gasteiger partial charge is 0.249 e. The Labute approximate surface area is 156 Å². The number of rotatable bonds is 4. The first-order chi connectivity index (χ1) is 12.7. The molecule has 4 rings (SSSR count). The van der Waals surface area contributed by atoms with Crippen LogP contribution >= 0.6 is 11.6 Å². The summed E-state index contributed by atoms with van der Waals surface area (Å²) >= 11 is 6.22. The zero-order chi connectivity index (χ0) is 18.1. The third-order valence-corrected chi connectivity index (χ3v) is 4.82. The molecule has 1 aromatic heterocycles. The minimum absolute atomic E-state index is 0.0229. The number of methoxy groups -OCH3 is 1. The lowest BCUT2D eigenvalue weighted by Gasteiger charge is -2.09. The first kappa shape index (κ1) is 16.6. The molecule has 5 heteroatoms. The van der Waals surface area contributed by atoms with Gasteiger partial charge in [0, 0.05) is 0 Å². The number of aromatic nitrogens is 2. The Morgan fingerprint density at radius 2 is 1.73 bits per heavy atom. The first-order valence-corrected chi connectivity index (χ1v) is 8.69.